The Bertz CT molecular complexity index is 209. The molecular formula is C10H15N. The summed E-state index contributed by atoms with van der Waals surface area (Å²) >= 11 is 0. The van der Waals surface area contributed by atoms with Crippen molar-refractivity contribution in [2.45, 2.75) is 27.2 Å². The first kappa shape index (κ1) is 8.33. The monoisotopic (exact) mass is 149 g/mol. The standard InChI is InChI=1S/C10H15N/c1-7-4-8(2)9(3)10(5-7)6-11/h4,8-10H,5H2,1-3H3. The molecule has 1 aliphatic carbocycles. The summed E-state index contributed by atoms with van der Waals surface area (Å²) in [5.74, 6) is 1.35. The van der Waals surface area contributed by atoms with Gasteiger partial charge in [-0.1, -0.05) is 25.5 Å². The quantitative estimate of drug-likeness (QED) is 0.486. The van der Waals surface area contributed by atoms with Gasteiger partial charge in [-0.2, -0.15) is 5.26 Å². The minimum Gasteiger partial charge on any atom is -0.198 e. The summed E-state index contributed by atoms with van der Waals surface area (Å²) < 4.78 is 0. The van der Waals surface area contributed by atoms with Crippen LogP contribution in [0.3, 0.4) is 0 Å². The van der Waals surface area contributed by atoms with E-state index in [-0.39, 0.29) is 5.92 Å². The number of hydrogen-bond acceptors (Lipinski definition) is 1. The highest BCUT2D eigenvalue weighted by molar-refractivity contribution is 5.12. The van der Waals surface area contributed by atoms with Gasteiger partial charge in [0.25, 0.3) is 0 Å². The first-order valence-electron chi connectivity index (χ1n) is 4.22. The molecule has 0 spiro atoms. The molecule has 0 aliphatic heterocycles. The molecule has 0 N–H and O–H groups in total. The van der Waals surface area contributed by atoms with E-state index in [9.17, 15) is 0 Å². The molecule has 0 saturated carbocycles. The van der Waals surface area contributed by atoms with Gasteiger partial charge in [0.1, 0.15) is 0 Å². The zero-order chi connectivity index (χ0) is 8.43. The SMILES string of the molecule is CC1=CC(C)C(C)C(C#N)C1. The van der Waals surface area contributed by atoms with Gasteiger partial charge in [0.15, 0.2) is 0 Å². The summed E-state index contributed by atoms with van der Waals surface area (Å²) in [6.45, 7) is 6.48. The van der Waals surface area contributed by atoms with Gasteiger partial charge in [-0.15, -0.1) is 0 Å². The molecule has 1 aliphatic rings. The second-order valence-electron chi connectivity index (χ2n) is 3.67. The Hall–Kier alpha value is -0.770. The van der Waals surface area contributed by atoms with Crippen LogP contribution >= 0.6 is 0 Å². The molecule has 1 heteroatoms. The van der Waals surface area contributed by atoms with Crippen LogP contribution in [0, 0.1) is 29.1 Å². The van der Waals surface area contributed by atoms with E-state index in [1.807, 2.05) is 0 Å². The molecule has 0 aromatic rings. The molecule has 0 heterocycles. The minimum atomic E-state index is 0.245. The molecule has 3 unspecified atom stereocenters. The highest BCUT2D eigenvalue weighted by Crippen LogP contribution is 2.32. The lowest BCUT2D eigenvalue weighted by Gasteiger charge is -2.27. The summed E-state index contributed by atoms with van der Waals surface area (Å²) in [5.41, 5.74) is 1.38. The maximum absolute atomic E-state index is 8.82. The van der Waals surface area contributed by atoms with Crippen molar-refractivity contribution in [3.63, 3.8) is 0 Å². The lowest BCUT2D eigenvalue weighted by Crippen LogP contribution is -2.21. The zero-order valence-corrected chi connectivity index (χ0v) is 7.46. The molecule has 0 amide bonds. The summed E-state index contributed by atoms with van der Waals surface area (Å²) in [7, 11) is 0. The molecular weight excluding hydrogens is 134 g/mol. The third kappa shape index (κ3) is 1.63. The predicted molar refractivity (Wildman–Crippen MR) is 45.8 cm³/mol. The molecule has 11 heavy (non-hydrogen) atoms. The van der Waals surface area contributed by atoms with Crippen LogP contribution in [-0.2, 0) is 0 Å². The summed E-state index contributed by atoms with van der Waals surface area (Å²) in [5, 5.41) is 8.82. The highest BCUT2D eigenvalue weighted by atomic mass is 14.3. The van der Waals surface area contributed by atoms with Crippen molar-refractivity contribution in [2.75, 3.05) is 0 Å². The van der Waals surface area contributed by atoms with Gasteiger partial charge in [0.2, 0.25) is 0 Å². The van der Waals surface area contributed by atoms with Crippen LogP contribution in [0.1, 0.15) is 27.2 Å². The van der Waals surface area contributed by atoms with E-state index < -0.39 is 0 Å². The van der Waals surface area contributed by atoms with Crippen molar-refractivity contribution < 1.29 is 0 Å². The summed E-state index contributed by atoms with van der Waals surface area (Å²) in [4.78, 5) is 0. The van der Waals surface area contributed by atoms with Crippen LogP contribution in [0.2, 0.25) is 0 Å². The van der Waals surface area contributed by atoms with Crippen molar-refractivity contribution in [2.24, 2.45) is 17.8 Å². The normalized spacial score (nSPS) is 37.6. The van der Waals surface area contributed by atoms with Crippen molar-refractivity contribution in [3.8, 4) is 6.07 Å². The van der Waals surface area contributed by atoms with Crippen LogP contribution in [0.5, 0.6) is 0 Å². The average molecular weight is 149 g/mol. The molecule has 3 atom stereocenters. The minimum absolute atomic E-state index is 0.245. The molecule has 1 nitrogen and oxygen atoms in total. The molecule has 0 aromatic heterocycles. The topological polar surface area (TPSA) is 23.8 Å². The van der Waals surface area contributed by atoms with Crippen molar-refractivity contribution in [1.29, 1.82) is 5.26 Å². The Morgan fingerprint density at radius 2 is 2.18 bits per heavy atom. The second-order valence-corrected chi connectivity index (χ2v) is 3.67. The van der Waals surface area contributed by atoms with Crippen LogP contribution in [0.4, 0.5) is 0 Å². The molecule has 0 fully saturated rings. The van der Waals surface area contributed by atoms with Crippen LogP contribution in [-0.4, -0.2) is 0 Å². The van der Waals surface area contributed by atoms with E-state index in [1.165, 1.54) is 5.57 Å². The average Bonchev–Trinajstić information content (AvgIpc) is 1.96. The summed E-state index contributed by atoms with van der Waals surface area (Å²) in [6, 6.07) is 2.37. The number of nitriles is 1. The van der Waals surface area contributed by atoms with E-state index >= 15 is 0 Å². The molecule has 0 bridgehead atoms. The van der Waals surface area contributed by atoms with Crippen LogP contribution < -0.4 is 0 Å². The van der Waals surface area contributed by atoms with Crippen LogP contribution in [0.25, 0.3) is 0 Å². The Kier molecular flexibility index (Phi) is 2.34. The first-order valence-corrected chi connectivity index (χ1v) is 4.22. The largest absolute Gasteiger partial charge is 0.198 e. The lowest BCUT2D eigenvalue weighted by atomic mass is 9.76. The highest BCUT2D eigenvalue weighted by Gasteiger charge is 2.25. The third-order valence-corrected chi connectivity index (χ3v) is 2.72. The number of rotatable bonds is 0. The molecule has 0 saturated heterocycles. The van der Waals surface area contributed by atoms with E-state index in [0.717, 1.165) is 6.42 Å². The van der Waals surface area contributed by atoms with Crippen molar-refractivity contribution >= 4 is 0 Å². The fourth-order valence-corrected chi connectivity index (χ4v) is 1.73. The maximum atomic E-state index is 8.82. The third-order valence-electron chi connectivity index (χ3n) is 2.72. The van der Waals surface area contributed by atoms with Crippen LogP contribution in [0.15, 0.2) is 11.6 Å². The van der Waals surface area contributed by atoms with Gasteiger partial charge in [0, 0.05) is 0 Å². The van der Waals surface area contributed by atoms with Gasteiger partial charge >= 0.3 is 0 Å². The Morgan fingerprint density at radius 1 is 1.55 bits per heavy atom. The number of hydrogen-bond donors (Lipinski definition) is 0. The Balaban J connectivity index is 2.78. The number of nitrogens with zero attached hydrogens (tertiary/aromatic N) is 1. The van der Waals surface area contributed by atoms with E-state index in [1.54, 1.807) is 0 Å². The van der Waals surface area contributed by atoms with E-state index in [0.29, 0.717) is 11.8 Å². The summed E-state index contributed by atoms with van der Waals surface area (Å²) in [6.07, 6.45) is 3.26. The fraction of sp³-hybridized carbons (Fsp3) is 0.700. The van der Waals surface area contributed by atoms with E-state index in [4.69, 9.17) is 5.26 Å². The van der Waals surface area contributed by atoms with E-state index in [2.05, 4.69) is 32.9 Å². The predicted octanol–water partition coefficient (Wildman–Crippen LogP) is 2.75. The van der Waals surface area contributed by atoms with Gasteiger partial charge in [-0.3, -0.25) is 0 Å². The lowest BCUT2D eigenvalue weighted by molar-refractivity contribution is 0.334. The van der Waals surface area contributed by atoms with Gasteiger partial charge in [0.05, 0.1) is 12.0 Å². The van der Waals surface area contributed by atoms with Crippen molar-refractivity contribution in [3.05, 3.63) is 11.6 Å². The second kappa shape index (κ2) is 3.09. The Labute approximate surface area is 68.7 Å². The first-order chi connectivity index (χ1) is 5.15. The maximum Gasteiger partial charge on any atom is 0.0662 e. The molecule has 0 radical (unpaired) electrons. The zero-order valence-electron chi connectivity index (χ0n) is 7.46. The smallest absolute Gasteiger partial charge is 0.0662 e. The van der Waals surface area contributed by atoms with Gasteiger partial charge < -0.3 is 0 Å². The molecule has 60 valence electrons. The van der Waals surface area contributed by atoms with Gasteiger partial charge in [-0.25, -0.2) is 0 Å². The van der Waals surface area contributed by atoms with Crippen molar-refractivity contribution in [1.82, 2.24) is 0 Å². The molecule has 1 rings (SSSR count). The van der Waals surface area contributed by atoms with Gasteiger partial charge in [-0.05, 0) is 25.2 Å². The fourth-order valence-electron chi connectivity index (χ4n) is 1.73. The Morgan fingerprint density at radius 3 is 2.73 bits per heavy atom. The molecule has 0 aromatic carbocycles. The number of allylic oxidation sites excluding steroid dienone is 2.